The number of anilines is 1. The van der Waals surface area contributed by atoms with Gasteiger partial charge in [-0.2, -0.15) is 0 Å². The number of halogens is 1. The molecule has 1 aliphatic carbocycles. The van der Waals surface area contributed by atoms with Crippen LogP contribution in [0.2, 0.25) is 5.02 Å². The number of benzene rings is 2. The summed E-state index contributed by atoms with van der Waals surface area (Å²) in [6, 6.07) is 11.0. The molecule has 6 heteroatoms. The predicted molar refractivity (Wildman–Crippen MR) is 116 cm³/mol. The molecular formula is C24H24ClNO4. The van der Waals surface area contributed by atoms with E-state index in [1.54, 1.807) is 25.2 Å². The Hall–Kier alpha value is -2.79. The summed E-state index contributed by atoms with van der Waals surface area (Å²) in [7, 11) is 3.19. The van der Waals surface area contributed by atoms with Gasteiger partial charge in [0.15, 0.2) is 5.78 Å². The maximum absolute atomic E-state index is 13.4. The Labute approximate surface area is 181 Å². The Morgan fingerprint density at radius 2 is 1.87 bits per heavy atom. The van der Waals surface area contributed by atoms with Crippen LogP contribution in [0.4, 0.5) is 5.69 Å². The first kappa shape index (κ1) is 20.5. The van der Waals surface area contributed by atoms with Gasteiger partial charge in [-0.05, 0) is 55.7 Å². The fourth-order valence-corrected chi connectivity index (χ4v) is 4.66. The summed E-state index contributed by atoms with van der Waals surface area (Å²) < 4.78 is 11.0. The second-order valence-corrected chi connectivity index (χ2v) is 8.02. The Balaban J connectivity index is 1.92. The van der Waals surface area contributed by atoms with E-state index >= 15 is 0 Å². The van der Waals surface area contributed by atoms with Crippen molar-refractivity contribution in [2.45, 2.75) is 38.5 Å². The highest BCUT2D eigenvalue weighted by Gasteiger charge is 2.41. The molecule has 0 radical (unpaired) electrons. The molecule has 0 saturated carbocycles. The quantitative estimate of drug-likeness (QED) is 0.676. The molecule has 0 bridgehead atoms. The number of Topliss-reactive ketones (excluding diaryl/α,β-unsaturated/α-hetero) is 1. The van der Waals surface area contributed by atoms with Gasteiger partial charge in [-0.25, -0.2) is 0 Å². The van der Waals surface area contributed by atoms with Crippen LogP contribution in [0.25, 0.3) is 0 Å². The van der Waals surface area contributed by atoms with Crippen molar-refractivity contribution in [3.8, 4) is 11.5 Å². The summed E-state index contributed by atoms with van der Waals surface area (Å²) in [5.41, 5.74) is 3.85. The molecule has 0 unspecified atom stereocenters. The number of allylic oxidation sites excluding steroid dienone is 2. The summed E-state index contributed by atoms with van der Waals surface area (Å²) in [5, 5.41) is 0.598. The zero-order valence-corrected chi connectivity index (χ0v) is 18.1. The van der Waals surface area contributed by atoms with E-state index in [1.165, 1.54) is 0 Å². The second kappa shape index (κ2) is 8.15. The van der Waals surface area contributed by atoms with Gasteiger partial charge in [0.1, 0.15) is 11.5 Å². The van der Waals surface area contributed by atoms with E-state index in [4.69, 9.17) is 21.1 Å². The fraction of sp³-hybridized carbons (Fsp3) is 0.333. The number of carbonyl (C=O) groups is 2. The number of amides is 1. The van der Waals surface area contributed by atoms with Gasteiger partial charge in [0.2, 0.25) is 5.91 Å². The molecule has 1 amide bonds. The highest BCUT2D eigenvalue weighted by molar-refractivity contribution is 6.31. The Kier molecular flexibility index (Phi) is 5.56. The zero-order chi connectivity index (χ0) is 21.4. The first-order valence-electron chi connectivity index (χ1n) is 10.0. The Morgan fingerprint density at radius 3 is 2.60 bits per heavy atom. The molecular weight excluding hydrogens is 402 g/mol. The van der Waals surface area contributed by atoms with Crippen molar-refractivity contribution < 1.29 is 19.1 Å². The summed E-state index contributed by atoms with van der Waals surface area (Å²) in [5.74, 6) is 0.982. The van der Waals surface area contributed by atoms with Crippen molar-refractivity contribution in [1.29, 1.82) is 0 Å². The minimum Gasteiger partial charge on any atom is -0.497 e. The number of carbonyl (C=O) groups excluding carboxylic acids is 2. The average Bonchev–Trinajstić information content (AvgIpc) is 2.75. The number of methoxy groups -OCH3 is 2. The smallest absolute Gasteiger partial charge is 0.232 e. The summed E-state index contributed by atoms with van der Waals surface area (Å²) in [6.45, 7) is 1.90. The summed E-state index contributed by atoms with van der Waals surface area (Å²) in [6.07, 6.45) is 2.06. The molecule has 5 nitrogen and oxygen atoms in total. The molecule has 0 saturated heterocycles. The number of nitrogens with zero attached hydrogens (tertiary/aromatic N) is 1. The van der Waals surface area contributed by atoms with Crippen molar-refractivity contribution in [3.63, 3.8) is 0 Å². The van der Waals surface area contributed by atoms with Crippen LogP contribution < -0.4 is 14.4 Å². The third kappa shape index (κ3) is 3.37. The molecule has 0 fully saturated rings. The van der Waals surface area contributed by atoms with Crippen molar-refractivity contribution in [2.75, 3.05) is 19.1 Å². The molecule has 1 aliphatic heterocycles. The maximum Gasteiger partial charge on any atom is 0.232 e. The highest BCUT2D eigenvalue weighted by atomic mass is 35.5. The van der Waals surface area contributed by atoms with E-state index in [0.29, 0.717) is 34.9 Å². The van der Waals surface area contributed by atoms with Crippen LogP contribution in [0.5, 0.6) is 11.5 Å². The van der Waals surface area contributed by atoms with Gasteiger partial charge >= 0.3 is 0 Å². The third-order valence-corrected chi connectivity index (χ3v) is 6.38. The van der Waals surface area contributed by atoms with Crippen LogP contribution in [0.1, 0.15) is 42.7 Å². The summed E-state index contributed by atoms with van der Waals surface area (Å²) in [4.78, 5) is 28.2. The molecule has 2 aromatic rings. The van der Waals surface area contributed by atoms with Crippen molar-refractivity contribution in [1.82, 2.24) is 0 Å². The van der Waals surface area contributed by atoms with Gasteiger partial charge in [-0.1, -0.05) is 17.7 Å². The molecule has 0 spiro atoms. The van der Waals surface area contributed by atoms with Crippen molar-refractivity contribution in [3.05, 3.63) is 63.8 Å². The van der Waals surface area contributed by atoms with Gasteiger partial charge in [-0.3, -0.25) is 14.5 Å². The number of ketones is 1. The SMILES string of the molecule is COc1ccc(OC)c([C@@H]2CC(=O)N(c3cccc(Cl)c3C)C3=C2C(=O)CCC3)c1. The van der Waals surface area contributed by atoms with E-state index in [0.717, 1.165) is 28.9 Å². The lowest BCUT2D eigenvalue weighted by Gasteiger charge is -2.39. The molecule has 1 atom stereocenters. The lowest BCUT2D eigenvalue weighted by Crippen LogP contribution is -2.41. The monoisotopic (exact) mass is 425 g/mol. The minimum absolute atomic E-state index is 0.0521. The average molecular weight is 426 g/mol. The molecule has 4 rings (SSSR count). The summed E-state index contributed by atoms with van der Waals surface area (Å²) >= 11 is 6.33. The molecule has 0 N–H and O–H groups in total. The number of hydrogen-bond donors (Lipinski definition) is 0. The molecule has 2 aromatic carbocycles. The van der Waals surface area contributed by atoms with Crippen LogP contribution >= 0.6 is 11.6 Å². The Morgan fingerprint density at radius 1 is 1.07 bits per heavy atom. The number of ether oxygens (including phenoxy) is 2. The van der Waals surface area contributed by atoms with Crippen LogP contribution in [0, 0.1) is 6.92 Å². The van der Waals surface area contributed by atoms with E-state index in [1.807, 2.05) is 37.3 Å². The van der Waals surface area contributed by atoms with Gasteiger partial charge in [0, 0.05) is 40.6 Å². The van der Waals surface area contributed by atoms with E-state index in [9.17, 15) is 9.59 Å². The molecule has 30 heavy (non-hydrogen) atoms. The van der Waals surface area contributed by atoms with E-state index < -0.39 is 0 Å². The first-order chi connectivity index (χ1) is 14.5. The minimum atomic E-state index is -0.360. The van der Waals surface area contributed by atoms with Crippen LogP contribution in [0.3, 0.4) is 0 Å². The predicted octanol–water partition coefficient (Wildman–Crippen LogP) is 5.19. The highest BCUT2D eigenvalue weighted by Crippen LogP contribution is 2.47. The normalized spacial score (nSPS) is 19.1. The number of hydrogen-bond acceptors (Lipinski definition) is 4. The second-order valence-electron chi connectivity index (χ2n) is 7.61. The van der Waals surface area contributed by atoms with Gasteiger partial charge in [0.25, 0.3) is 0 Å². The zero-order valence-electron chi connectivity index (χ0n) is 17.3. The van der Waals surface area contributed by atoms with Crippen LogP contribution in [-0.2, 0) is 9.59 Å². The van der Waals surface area contributed by atoms with Gasteiger partial charge in [0.05, 0.1) is 19.9 Å². The molecule has 2 aliphatic rings. The lowest BCUT2D eigenvalue weighted by molar-refractivity contribution is -0.119. The van der Waals surface area contributed by atoms with Crippen LogP contribution in [-0.4, -0.2) is 25.9 Å². The van der Waals surface area contributed by atoms with Gasteiger partial charge in [-0.15, -0.1) is 0 Å². The topological polar surface area (TPSA) is 55.8 Å². The Bertz CT molecular complexity index is 1060. The third-order valence-electron chi connectivity index (χ3n) is 5.97. The fourth-order valence-electron chi connectivity index (χ4n) is 4.49. The van der Waals surface area contributed by atoms with Gasteiger partial charge < -0.3 is 9.47 Å². The van der Waals surface area contributed by atoms with Crippen molar-refractivity contribution in [2.24, 2.45) is 0 Å². The molecule has 1 heterocycles. The standard InChI is InChI=1S/C24H24ClNO4/c1-14-18(25)6-4-7-19(14)26-20-8-5-9-21(27)24(20)17(13-23(26)28)16-12-15(29-2)10-11-22(16)30-3/h4,6-7,10-12,17H,5,8-9,13H2,1-3H3/t17-/m0/s1. The molecule has 0 aromatic heterocycles. The van der Waals surface area contributed by atoms with Crippen LogP contribution in [0.15, 0.2) is 47.7 Å². The van der Waals surface area contributed by atoms with Crippen molar-refractivity contribution >= 4 is 29.0 Å². The van der Waals surface area contributed by atoms with E-state index in [-0.39, 0.29) is 24.0 Å². The lowest BCUT2D eigenvalue weighted by atomic mass is 9.76. The number of rotatable bonds is 4. The molecule has 156 valence electrons. The maximum atomic E-state index is 13.4. The van der Waals surface area contributed by atoms with E-state index in [2.05, 4.69) is 0 Å². The largest absolute Gasteiger partial charge is 0.497 e. The first-order valence-corrected chi connectivity index (χ1v) is 10.4.